The van der Waals surface area contributed by atoms with Crippen molar-refractivity contribution in [3.63, 3.8) is 0 Å². The summed E-state index contributed by atoms with van der Waals surface area (Å²) < 4.78 is 46.6. The second-order valence-corrected chi connectivity index (χ2v) is 26.1. The largest absolute Gasteiger partial charge is 0.573 e. The van der Waals surface area contributed by atoms with E-state index in [1.165, 1.54) is 44.9 Å². The number of aliphatic carboxylic acids is 1. The minimum absolute atomic E-state index is 0.0219. The lowest BCUT2D eigenvalue weighted by molar-refractivity contribution is -0.274. The van der Waals surface area contributed by atoms with E-state index < -0.39 is 18.2 Å². The van der Waals surface area contributed by atoms with E-state index in [9.17, 15) is 42.3 Å². The number of methoxy groups -OCH3 is 1. The molecule has 6 N–H and O–H groups in total. The molecule has 1 heterocycles. The Morgan fingerprint density at radius 3 is 1.85 bits per heavy atom. The Bertz CT molecular complexity index is 2480. The number of urea groups is 1. The maximum atomic E-state index is 13.8. The third-order valence-electron chi connectivity index (χ3n) is 17.8. The predicted octanol–water partition coefficient (Wildman–Crippen LogP) is 12.5. The van der Waals surface area contributed by atoms with Gasteiger partial charge in [-0.15, -0.1) is 13.2 Å². The van der Waals surface area contributed by atoms with Crippen molar-refractivity contribution in [2.45, 2.75) is 196 Å². The zero-order valence-corrected chi connectivity index (χ0v) is 48.5. The van der Waals surface area contributed by atoms with E-state index in [1.807, 2.05) is 17.0 Å². The van der Waals surface area contributed by atoms with Crippen LogP contribution in [0.4, 0.5) is 23.7 Å². The number of alkyl halides is 3. The van der Waals surface area contributed by atoms with Gasteiger partial charge < -0.3 is 45.9 Å². The third kappa shape index (κ3) is 16.8. The Kier molecular flexibility index (Phi) is 21.0. The first-order valence-electron chi connectivity index (χ1n) is 28.7. The Balaban J connectivity index is 0.000000229. The topological polar surface area (TPSA) is 201 Å². The molecule has 0 saturated heterocycles. The fraction of sp³-hybridized carbons (Fsp3) is 0.661. The molecule has 8 rings (SSSR count). The van der Waals surface area contributed by atoms with E-state index >= 15 is 0 Å². The fourth-order valence-electron chi connectivity index (χ4n) is 13.0. The van der Waals surface area contributed by atoms with Crippen molar-refractivity contribution in [3.8, 4) is 5.75 Å². The lowest BCUT2D eigenvalue weighted by Crippen LogP contribution is -2.48. The number of aliphatic hydroxyl groups is 1. The van der Waals surface area contributed by atoms with Crippen LogP contribution in [-0.4, -0.2) is 94.5 Å². The highest BCUT2D eigenvalue weighted by Gasteiger charge is 2.47. The Hall–Kier alpha value is -5.42. The molecule has 14 nitrogen and oxygen atoms in total. The Morgan fingerprint density at radius 1 is 0.772 bits per heavy atom. The molecule has 2 aromatic carbocycles. The molecule has 0 spiro atoms. The summed E-state index contributed by atoms with van der Waals surface area (Å²) in [6.45, 7) is 20.5. The van der Waals surface area contributed by atoms with Crippen molar-refractivity contribution >= 4 is 35.5 Å². The van der Waals surface area contributed by atoms with Crippen molar-refractivity contribution in [2.24, 2.45) is 51.6 Å². The number of ether oxygens (including phenoxy) is 2. The van der Waals surface area contributed by atoms with E-state index in [1.54, 1.807) is 23.2 Å². The number of anilines is 1. The van der Waals surface area contributed by atoms with Crippen LogP contribution in [0.25, 0.3) is 0 Å². The van der Waals surface area contributed by atoms with Gasteiger partial charge in [0.1, 0.15) is 5.75 Å². The molecule has 0 radical (unpaired) electrons. The number of carbonyl (C=O) groups excluding carboxylic acids is 4. The van der Waals surface area contributed by atoms with Crippen LogP contribution >= 0.6 is 0 Å². The highest BCUT2D eigenvalue weighted by Crippen LogP contribution is 2.47. The van der Waals surface area contributed by atoms with Gasteiger partial charge in [-0.25, -0.2) is 9.59 Å². The average Bonchev–Trinajstić information content (AvgIpc) is 4.26. The summed E-state index contributed by atoms with van der Waals surface area (Å²) in [5.41, 5.74) is 10.8. The minimum Gasteiger partial charge on any atom is -0.481 e. The summed E-state index contributed by atoms with van der Waals surface area (Å²) in [6.07, 6.45) is 13.5. The first-order chi connectivity index (χ1) is 37.0. The number of hydrogen-bond acceptors (Lipinski definition) is 9. The molecular weight excluding hydrogens is 1020 g/mol. The summed E-state index contributed by atoms with van der Waals surface area (Å²) in [6, 6.07) is 10.5. The molecule has 4 amide bonds. The highest BCUT2D eigenvalue weighted by atomic mass is 19.4. The average molecular weight is 1110 g/mol. The van der Waals surface area contributed by atoms with Crippen molar-refractivity contribution < 1.29 is 56.8 Å². The number of aryl methyl sites for hydroxylation is 1. The standard InChI is InChI=1S/C31H38F3N3O5.C21H31NO4.C10H21N/c1-30(2,3)21-6-10-23(11-7-21)37(29(41)36-22-8-12-24(13-9-22)42-31(32,33)34)26-15-5-19-18-20(4-14-25(19)26)28(40)35-17-16-27(38)39;1-21(2,3)14-6-8-15(9-7-14)22-11-17(20(25)26-4)16-10-5-13(12-23)18(16)19(22)24;1-10(2,3)8-4-6-9(11)7-5-8/h4,8-9,12-14,18,21,23,26H,5-7,10-11,15-17H2,1-3H3,(H,35,40)(H,36,41)(H,38,39);5,11,14-16,18,23H,6-10,12H2,1-4H3;8-9H,4-7,11H2,1-3H3/t;14?,15?,16-,18-;/m.1./s1. The second kappa shape index (κ2) is 26.4. The van der Waals surface area contributed by atoms with Gasteiger partial charge in [0.05, 0.1) is 37.7 Å². The first kappa shape index (κ1) is 62.8. The Labute approximate surface area is 466 Å². The number of esters is 1. The number of nitrogens with one attached hydrogen (secondary N) is 2. The van der Waals surface area contributed by atoms with Gasteiger partial charge in [-0.05, 0) is 183 Å². The lowest BCUT2D eigenvalue weighted by Gasteiger charge is -2.43. The summed E-state index contributed by atoms with van der Waals surface area (Å²) in [4.78, 5) is 66.3. The van der Waals surface area contributed by atoms with Gasteiger partial charge >= 0.3 is 24.3 Å². The quantitative estimate of drug-likeness (QED) is 0.106. The van der Waals surface area contributed by atoms with Gasteiger partial charge in [-0.3, -0.25) is 14.4 Å². The highest BCUT2D eigenvalue weighted by molar-refractivity contribution is 5.96. The van der Waals surface area contributed by atoms with Crippen LogP contribution in [0.3, 0.4) is 0 Å². The zero-order chi connectivity index (χ0) is 58.2. The number of carbonyl (C=O) groups is 5. The molecule has 6 aliphatic rings. The van der Waals surface area contributed by atoms with E-state index in [0.717, 1.165) is 86.1 Å². The maximum Gasteiger partial charge on any atom is 0.573 e. The lowest BCUT2D eigenvalue weighted by atomic mass is 9.70. The normalized spacial score (nSPS) is 26.1. The zero-order valence-electron chi connectivity index (χ0n) is 48.5. The summed E-state index contributed by atoms with van der Waals surface area (Å²) >= 11 is 0. The van der Waals surface area contributed by atoms with Crippen LogP contribution in [0.1, 0.15) is 186 Å². The van der Waals surface area contributed by atoms with Gasteiger partial charge in [-0.1, -0.05) is 74.5 Å². The first-order valence-corrected chi connectivity index (χ1v) is 28.7. The van der Waals surface area contributed by atoms with Gasteiger partial charge in [0.15, 0.2) is 0 Å². The summed E-state index contributed by atoms with van der Waals surface area (Å²) in [7, 11) is 1.38. The summed E-state index contributed by atoms with van der Waals surface area (Å²) in [5, 5.41) is 24.0. The number of halogens is 3. The number of fused-ring (bicyclic) bond motifs is 2. The van der Waals surface area contributed by atoms with Crippen LogP contribution in [0, 0.1) is 45.8 Å². The third-order valence-corrected chi connectivity index (χ3v) is 17.8. The molecule has 79 heavy (non-hydrogen) atoms. The molecule has 17 heteroatoms. The number of carboxylic acids is 1. The van der Waals surface area contributed by atoms with E-state index in [2.05, 4.69) is 77.7 Å². The van der Waals surface area contributed by atoms with Crippen LogP contribution < -0.4 is 21.1 Å². The molecule has 1 unspecified atom stereocenters. The van der Waals surface area contributed by atoms with Crippen LogP contribution in [0.15, 0.2) is 65.9 Å². The van der Waals surface area contributed by atoms with E-state index in [-0.39, 0.29) is 84.0 Å². The molecule has 0 bridgehead atoms. The van der Waals surface area contributed by atoms with E-state index in [0.29, 0.717) is 59.4 Å². The molecule has 5 aliphatic carbocycles. The van der Waals surface area contributed by atoms with E-state index in [4.69, 9.17) is 15.6 Å². The molecule has 2 aromatic rings. The van der Waals surface area contributed by atoms with Gasteiger partial charge in [0.2, 0.25) is 5.91 Å². The number of benzene rings is 2. The number of allylic oxidation sites excluding steroid dienone is 1. The predicted molar refractivity (Wildman–Crippen MR) is 300 cm³/mol. The number of nitrogens with two attached hydrogens (primary N) is 1. The minimum atomic E-state index is -4.80. The van der Waals surface area contributed by atoms with Crippen LogP contribution in [0.5, 0.6) is 5.75 Å². The SMILES string of the molecule is CC(C)(C)C1CCC(N(C(=O)Nc2ccc(OC(F)(F)F)cc2)C2CCc3cc(C(=O)NCCC(=O)O)ccc32)CC1.CC(C)(C)C1CCC(N)CC1.COC(=O)C1=CN(C2CCC(C(C)(C)C)CC2)C(=O)[C@@H]2C(CO)=CC[C@H]12. The number of carboxylic acid groups (broad SMARTS) is 1. The smallest absolute Gasteiger partial charge is 0.481 e. The monoisotopic (exact) mass is 1110 g/mol. The van der Waals surface area contributed by atoms with Gasteiger partial charge in [-0.2, -0.15) is 0 Å². The molecular formula is C62H90F3N5O9. The van der Waals surface area contributed by atoms with Crippen LogP contribution in [0.2, 0.25) is 0 Å². The number of rotatable bonds is 11. The maximum absolute atomic E-state index is 13.8. The van der Waals surface area contributed by atoms with Crippen molar-refractivity contribution in [1.82, 2.24) is 15.1 Å². The molecule has 3 saturated carbocycles. The number of amides is 4. The molecule has 1 aliphatic heterocycles. The molecule has 438 valence electrons. The number of aliphatic hydroxyl groups excluding tert-OH is 1. The number of hydrogen-bond donors (Lipinski definition) is 5. The van der Waals surface area contributed by atoms with Gasteiger partial charge in [0, 0.05) is 48.0 Å². The second-order valence-electron chi connectivity index (χ2n) is 26.1. The number of nitrogens with zero attached hydrogens (tertiary/aromatic N) is 2. The van der Waals surface area contributed by atoms with Crippen molar-refractivity contribution in [3.05, 3.63) is 82.6 Å². The Morgan fingerprint density at radius 2 is 1.33 bits per heavy atom. The fourth-order valence-corrected chi connectivity index (χ4v) is 13.0. The van der Waals surface area contributed by atoms with Crippen LogP contribution in [-0.2, 0) is 25.5 Å². The van der Waals surface area contributed by atoms with Crippen molar-refractivity contribution in [1.29, 1.82) is 0 Å². The molecule has 3 fully saturated rings. The van der Waals surface area contributed by atoms with Crippen molar-refractivity contribution in [2.75, 3.05) is 25.6 Å². The van der Waals surface area contributed by atoms with Gasteiger partial charge in [0.25, 0.3) is 5.91 Å². The molecule has 0 aromatic heterocycles. The summed E-state index contributed by atoms with van der Waals surface area (Å²) in [5.74, 6) is -0.560. The molecule has 3 atom stereocenters.